The zero-order valence-corrected chi connectivity index (χ0v) is 13.6. The Morgan fingerprint density at radius 3 is 3.00 bits per heavy atom. The second-order valence-electron chi connectivity index (χ2n) is 5.29. The van der Waals surface area contributed by atoms with Gasteiger partial charge in [-0.25, -0.2) is 9.37 Å². The largest absolute Gasteiger partial charge is 0.336 e. The van der Waals surface area contributed by atoms with Crippen molar-refractivity contribution in [2.45, 2.75) is 18.4 Å². The minimum absolute atomic E-state index is 0.341. The van der Waals surface area contributed by atoms with E-state index in [9.17, 15) is 4.39 Å². The number of hydrogen-bond donors (Lipinski definition) is 4. The molecule has 7 heteroatoms. The van der Waals surface area contributed by atoms with Gasteiger partial charge in [0.15, 0.2) is 0 Å². The van der Waals surface area contributed by atoms with Gasteiger partial charge in [-0.2, -0.15) is 0 Å². The number of halogens is 1. The molecule has 3 rings (SSSR count). The minimum atomic E-state index is -0.341. The highest BCUT2D eigenvalue weighted by Crippen LogP contribution is 2.26. The number of aryl methyl sites for hydroxylation is 1. The van der Waals surface area contributed by atoms with Crippen molar-refractivity contribution in [1.29, 1.82) is 5.41 Å². The fourth-order valence-corrected chi connectivity index (χ4v) is 3.10. The maximum atomic E-state index is 13.7. The molecule has 2 aromatic rings. The molecule has 2 heterocycles. The standard InChI is InChI=1S/C16H18FN5S/c1-10-20-9-15(21-10)23-22-14-3-2-12(17)8-13(14)16(18)11-4-6-19-7-5-11/h2-4,8-9,18-19,22H,5-7H2,1H3,(H,20,21). The van der Waals surface area contributed by atoms with Crippen molar-refractivity contribution in [1.82, 2.24) is 15.3 Å². The number of H-pyrrole nitrogens is 1. The lowest BCUT2D eigenvalue weighted by Crippen LogP contribution is -2.23. The van der Waals surface area contributed by atoms with Crippen LogP contribution >= 0.6 is 11.9 Å². The van der Waals surface area contributed by atoms with Gasteiger partial charge in [-0.15, -0.1) is 0 Å². The molecule has 1 aliphatic rings. The van der Waals surface area contributed by atoms with E-state index in [0.717, 1.165) is 35.9 Å². The van der Waals surface area contributed by atoms with Crippen LogP contribution in [0.5, 0.6) is 0 Å². The van der Waals surface area contributed by atoms with Gasteiger partial charge >= 0.3 is 0 Å². The van der Waals surface area contributed by atoms with Crippen molar-refractivity contribution in [3.8, 4) is 0 Å². The summed E-state index contributed by atoms with van der Waals surface area (Å²) in [6.45, 7) is 3.47. The van der Waals surface area contributed by atoms with Gasteiger partial charge in [-0.05, 0) is 43.7 Å². The normalized spacial score (nSPS) is 14.4. The Bertz CT molecular complexity index is 753. The van der Waals surface area contributed by atoms with Gasteiger partial charge in [0.2, 0.25) is 0 Å². The van der Waals surface area contributed by atoms with Crippen LogP contribution in [0.15, 0.2) is 41.1 Å². The van der Waals surface area contributed by atoms with E-state index < -0.39 is 0 Å². The van der Waals surface area contributed by atoms with Crippen LogP contribution in [0.25, 0.3) is 0 Å². The number of benzene rings is 1. The van der Waals surface area contributed by atoms with Crippen molar-refractivity contribution in [3.05, 3.63) is 53.3 Å². The highest BCUT2D eigenvalue weighted by molar-refractivity contribution is 8.00. The molecule has 0 radical (unpaired) electrons. The topological polar surface area (TPSA) is 76.6 Å². The quantitative estimate of drug-likeness (QED) is 0.501. The zero-order chi connectivity index (χ0) is 16.2. The molecule has 0 saturated carbocycles. The fourth-order valence-electron chi connectivity index (χ4n) is 2.40. The number of nitrogens with one attached hydrogen (secondary N) is 4. The first-order valence-corrected chi connectivity index (χ1v) is 8.18. The number of imidazole rings is 1. The molecule has 0 fully saturated rings. The lowest BCUT2D eigenvalue weighted by Gasteiger charge is -2.17. The molecule has 23 heavy (non-hydrogen) atoms. The Hall–Kier alpha value is -2.12. The molecule has 4 N–H and O–H groups in total. The van der Waals surface area contributed by atoms with E-state index in [4.69, 9.17) is 5.41 Å². The van der Waals surface area contributed by atoms with Gasteiger partial charge in [0.1, 0.15) is 16.7 Å². The van der Waals surface area contributed by atoms with Crippen molar-refractivity contribution >= 4 is 23.3 Å². The van der Waals surface area contributed by atoms with Crippen molar-refractivity contribution < 1.29 is 4.39 Å². The molecule has 0 amide bonds. The molecule has 0 atom stereocenters. The predicted molar refractivity (Wildman–Crippen MR) is 91.6 cm³/mol. The van der Waals surface area contributed by atoms with E-state index in [0.29, 0.717) is 17.0 Å². The molecule has 1 aromatic heterocycles. The van der Waals surface area contributed by atoms with Crippen LogP contribution in [0.2, 0.25) is 0 Å². The summed E-state index contributed by atoms with van der Waals surface area (Å²) in [6, 6.07) is 4.47. The first-order valence-electron chi connectivity index (χ1n) is 7.36. The first-order chi connectivity index (χ1) is 11.1. The number of anilines is 1. The molecule has 0 spiro atoms. The number of rotatable bonds is 5. The monoisotopic (exact) mass is 331 g/mol. The summed E-state index contributed by atoms with van der Waals surface area (Å²) in [6.07, 6.45) is 4.50. The van der Waals surface area contributed by atoms with Gasteiger partial charge < -0.3 is 15.0 Å². The third-order valence-corrected chi connectivity index (χ3v) is 4.34. The smallest absolute Gasteiger partial charge is 0.124 e. The summed E-state index contributed by atoms with van der Waals surface area (Å²) in [7, 11) is 0. The third-order valence-electron chi connectivity index (χ3n) is 3.59. The highest BCUT2D eigenvalue weighted by atomic mass is 32.2. The van der Waals surface area contributed by atoms with E-state index in [1.165, 1.54) is 24.1 Å². The Morgan fingerprint density at radius 1 is 1.43 bits per heavy atom. The molecule has 0 saturated heterocycles. The second-order valence-corrected chi connectivity index (χ2v) is 6.13. The van der Waals surface area contributed by atoms with E-state index in [1.54, 1.807) is 12.3 Å². The van der Waals surface area contributed by atoms with E-state index in [-0.39, 0.29) is 5.82 Å². The number of nitrogens with zero attached hydrogens (tertiary/aromatic N) is 1. The van der Waals surface area contributed by atoms with Crippen LogP contribution in [0, 0.1) is 18.2 Å². The SMILES string of the molecule is Cc1ncc(SNc2ccc(F)cc2C(=N)C2=CCNCC2)[nH]1. The van der Waals surface area contributed by atoms with Crippen LogP contribution < -0.4 is 10.0 Å². The van der Waals surface area contributed by atoms with Gasteiger partial charge in [0.05, 0.1) is 17.6 Å². The minimum Gasteiger partial charge on any atom is -0.336 e. The average Bonchev–Trinajstić information content (AvgIpc) is 2.99. The number of hydrogen-bond acceptors (Lipinski definition) is 5. The Labute approximate surface area is 138 Å². The average molecular weight is 331 g/mol. The number of aromatic nitrogens is 2. The van der Waals surface area contributed by atoms with Gasteiger partial charge in [-0.3, -0.25) is 5.41 Å². The highest BCUT2D eigenvalue weighted by Gasteiger charge is 2.15. The molecule has 0 unspecified atom stereocenters. The number of aromatic amines is 1. The van der Waals surface area contributed by atoms with Crippen LogP contribution in [0.3, 0.4) is 0 Å². The Morgan fingerprint density at radius 2 is 2.30 bits per heavy atom. The van der Waals surface area contributed by atoms with Crippen molar-refractivity contribution in [3.63, 3.8) is 0 Å². The van der Waals surface area contributed by atoms with Gasteiger partial charge in [0, 0.05) is 24.1 Å². The zero-order valence-electron chi connectivity index (χ0n) is 12.7. The summed E-state index contributed by atoms with van der Waals surface area (Å²) in [5.41, 5.74) is 2.60. The molecule has 0 aliphatic carbocycles. The summed E-state index contributed by atoms with van der Waals surface area (Å²) in [5.74, 6) is 0.494. The van der Waals surface area contributed by atoms with Crippen LogP contribution in [-0.4, -0.2) is 28.8 Å². The van der Waals surface area contributed by atoms with Gasteiger partial charge in [0.25, 0.3) is 0 Å². The molecule has 5 nitrogen and oxygen atoms in total. The Balaban J connectivity index is 1.82. The fraction of sp³-hybridized carbons (Fsp3) is 0.250. The van der Waals surface area contributed by atoms with Crippen molar-refractivity contribution in [2.75, 3.05) is 17.8 Å². The molecule has 1 aromatic carbocycles. The molecule has 1 aliphatic heterocycles. The lowest BCUT2D eigenvalue weighted by molar-refractivity contribution is 0.627. The summed E-state index contributed by atoms with van der Waals surface area (Å²) in [4.78, 5) is 7.25. The van der Waals surface area contributed by atoms with Crippen LogP contribution in [0.4, 0.5) is 10.1 Å². The summed E-state index contributed by atoms with van der Waals surface area (Å²) < 4.78 is 16.8. The van der Waals surface area contributed by atoms with Crippen LogP contribution in [-0.2, 0) is 0 Å². The summed E-state index contributed by atoms with van der Waals surface area (Å²) >= 11 is 1.36. The van der Waals surface area contributed by atoms with E-state index in [1.807, 2.05) is 13.0 Å². The maximum Gasteiger partial charge on any atom is 0.124 e. The molecule has 0 bridgehead atoms. The van der Waals surface area contributed by atoms with E-state index >= 15 is 0 Å². The maximum absolute atomic E-state index is 13.7. The van der Waals surface area contributed by atoms with E-state index in [2.05, 4.69) is 20.0 Å². The van der Waals surface area contributed by atoms with Gasteiger partial charge in [-0.1, -0.05) is 6.08 Å². The molecule has 120 valence electrons. The lowest BCUT2D eigenvalue weighted by atomic mass is 9.97. The predicted octanol–water partition coefficient (Wildman–Crippen LogP) is 3.26. The molecular weight excluding hydrogens is 313 g/mol. The second kappa shape index (κ2) is 6.97. The first kappa shape index (κ1) is 15.8. The Kier molecular flexibility index (Phi) is 4.78. The van der Waals surface area contributed by atoms with Crippen molar-refractivity contribution in [2.24, 2.45) is 0 Å². The summed E-state index contributed by atoms with van der Waals surface area (Å²) in [5, 5.41) is 12.5. The molecular formula is C16H18FN5S. The van der Waals surface area contributed by atoms with Crippen LogP contribution in [0.1, 0.15) is 17.8 Å². The third kappa shape index (κ3) is 3.80.